The Labute approximate surface area is 244 Å². The van der Waals surface area contributed by atoms with Crippen molar-refractivity contribution in [2.45, 2.75) is 53.5 Å². The fraction of sp³-hybridized carbons (Fsp3) is 0.389. The van der Waals surface area contributed by atoms with Crippen LogP contribution in [0.15, 0.2) is 77.4 Å². The lowest BCUT2D eigenvalue weighted by molar-refractivity contribution is 0.869. The van der Waals surface area contributed by atoms with Gasteiger partial charge in [0.25, 0.3) is 0 Å². The largest absolute Gasteiger partial charge is 0.378 e. The van der Waals surface area contributed by atoms with E-state index in [-0.39, 0.29) is 5.04 Å². The second kappa shape index (κ2) is 10.6. The standard InChI is InChI=1S/C36H49N3Si/c1-24-14-17-30(37(8)9)33(20-24)40(36(7)23-27(4)28(5)29(36)6,34-21-25(2)15-18-31(34)38(10)11)35-22-26(3)16-19-32(35)39(12)13/h14-23H,1-13H3. The van der Waals surface area contributed by atoms with E-state index >= 15 is 0 Å². The van der Waals surface area contributed by atoms with Crippen molar-refractivity contribution in [1.29, 1.82) is 0 Å². The first-order valence-electron chi connectivity index (χ1n) is 14.4. The summed E-state index contributed by atoms with van der Waals surface area (Å²) in [6, 6.07) is 21.4. The number of hydrogen-bond donors (Lipinski definition) is 0. The lowest BCUT2D eigenvalue weighted by Crippen LogP contribution is -2.74. The van der Waals surface area contributed by atoms with Gasteiger partial charge in [-0.3, -0.25) is 0 Å². The van der Waals surface area contributed by atoms with Gasteiger partial charge in [-0.25, -0.2) is 0 Å². The highest BCUT2D eigenvalue weighted by Crippen LogP contribution is 2.54. The summed E-state index contributed by atoms with van der Waals surface area (Å²) in [5, 5.41) is 4.22. The minimum atomic E-state index is -2.94. The normalized spacial score (nSPS) is 17.3. The second-order valence-corrected chi connectivity index (χ2v) is 16.9. The van der Waals surface area contributed by atoms with Crippen LogP contribution >= 0.6 is 0 Å². The van der Waals surface area contributed by atoms with Crippen LogP contribution in [0.2, 0.25) is 5.04 Å². The molecule has 40 heavy (non-hydrogen) atoms. The molecule has 1 aliphatic rings. The molecule has 0 saturated heterocycles. The number of rotatable bonds is 7. The highest BCUT2D eigenvalue weighted by atomic mass is 28.3. The lowest BCUT2D eigenvalue weighted by Gasteiger charge is -2.50. The maximum Gasteiger partial charge on any atom is 0.169 e. The molecule has 0 amide bonds. The van der Waals surface area contributed by atoms with Crippen LogP contribution in [0.25, 0.3) is 0 Å². The number of nitrogens with zero attached hydrogens (tertiary/aromatic N) is 3. The molecule has 3 nitrogen and oxygen atoms in total. The number of allylic oxidation sites excluding steroid dienone is 4. The fourth-order valence-corrected chi connectivity index (χ4v) is 14.2. The van der Waals surface area contributed by atoms with Crippen LogP contribution in [0.3, 0.4) is 0 Å². The number of aryl methyl sites for hydroxylation is 3. The summed E-state index contributed by atoms with van der Waals surface area (Å²) in [7, 11) is 10.3. The van der Waals surface area contributed by atoms with Crippen LogP contribution in [0.4, 0.5) is 17.1 Å². The third-order valence-corrected chi connectivity index (χ3v) is 15.0. The highest BCUT2D eigenvalue weighted by molar-refractivity contribution is 7.16. The summed E-state index contributed by atoms with van der Waals surface area (Å²) in [6.07, 6.45) is 2.62. The van der Waals surface area contributed by atoms with E-state index in [9.17, 15) is 0 Å². The molecular formula is C36H49N3Si. The molecule has 0 heterocycles. The van der Waals surface area contributed by atoms with Gasteiger partial charge in [-0.2, -0.15) is 0 Å². The average molecular weight is 552 g/mol. The van der Waals surface area contributed by atoms with Gasteiger partial charge in [-0.15, -0.1) is 0 Å². The Morgan fingerprint density at radius 3 is 1.10 bits per heavy atom. The summed E-state index contributed by atoms with van der Waals surface area (Å²) in [5.41, 5.74) is 12.1. The van der Waals surface area contributed by atoms with E-state index in [4.69, 9.17) is 0 Å². The molecular weight excluding hydrogens is 503 g/mol. The average Bonchev–Trinajstić information content (AvgIpc) is 3.07. The van der Waals surface area contributed by atoms with Crippen molar-refractivity contribution < 1.29 is 0 Å². The van der Waals surface area contributed by atoms with Gasteiger partial charge in [0.05, 0.1) is 0 Å². The molecule has 0 fully saturated rings. The van der Waals surface area contributed by atoms with E-state index in [1.54, 1.807) is 0 Å². The number of anilines is 3. The van der Waals surface area contributed by atoms with E-state index in [2.05, 4.69) is 166 Å². The zero-order valence-corrected chi connectivity index (χ0v) is 28.1. The van der Waals surface area contributed by atoms with Crippen molar-refractivity contribution in [3.63, 3.8) is 0 Å². The maximum absolute atomic E-state index is 2.94. The van der Waals surface area contributed by atoms with Gasteiger partial charge in [0.15, 0.2) is 8.07 Å². The van der Waals surface area contributed by atoms with Crippen LogP contribution < -0.4 is 30.3 Å². The summed E-state index contributed by atoms with van der Waals surface area (Å²) in [5.74, 6) is 0. The van der Waals surface area contributed by atoms with Gasteiger partial charge >= 0.3 is 0 Å². The van der Waals surface area contributed by atoms with Crippen LogP contribution in [-0.2, 0) is 0 Å². The Morgan fingerprint density at radius 1 is 0.525 bits per heavy atom. The molecule has 0 bridgehead atoms. The third kappa shape index (κ3) is 4.51. The molecule has 0 aromatic heterocycles. The Kier molecular flexibility index (Phi) is 7.90. The first-order chi connectivity index (χ1) is 18.7. The molecule has 1 aliphatic carbocycles. The van der Waals surface area contributed by atoms with Crippen molar-refractivity contribution in [2.75, 3.05) is 57.0 Å². The van der Waals surface area contributed by atoms with Gasteiger partial charge in [0.2, 0.25) is 0 Å². The predicted molar refractivity (Wildman–Crippen MR) is 182 cm³/mol. The molecule has 212 valence electrons. The molecule has 3 aromatic rings. The summed E-state index contributed by atoms with van der Waals surface area (Å²) in [4.78, 5) is 6.98. The lowest BCUT2D eigenvalue weighted by atomic mass is 10.0. The fourth-order valence-electron chi connectivity index (χ4n) is 7.02. The van der Waals surface area contributed by atoms with Crippen molar-refractivity contribution in [2.24, 2.45) is 0 Å². The zero-order valence-electron chi connectivity index (χ0n) is 27.1. The molecule has 0 saturated carbocycles. The van der Waals surface area contributed by atoms with Gasteiger partial charge in [0, 0.05) is 64.4 Å². The summed E-state index contributed by atoms with van der Waals surface area (Å²) in [6.45, 7) is 16.3. The Bertz CT molecular complexity index is 1370. The molecule has 0 N–H and O–H groups in total. The Hall–Kier alpha value is -3.24. The highest BCUT2D eigenvalue weighted by Gasteiger charge is 2.59. The first kappa shape index (κ1) is 29.7. The Morgan fingerprint density at radius 2 is 0.850 bits per heavy atom. The topological polar surface area (TPSA) is 9.72 Å². The molecule has 3 aromatic carbocycles. The zero-order chi connectivity index (χ0) is 29.7. The van der Waals surface area contributed by atoms with E-state index in [0.717, 1.165) is 0 Å². The summed E-state index contributed by atoms with van der Waals surface area (Å²) < 4.78 is 0. The molecule has 4 rings (SSSR count). The second-order valence-electron chi connectivity index (χ2n) is 12.8. The van der Waals surface area contributed by atoms with Crippen LogP contribution in [0.5, 0.6) is 0 Å². The van der Waals surface area contributed by atoms with Crippen LogP contribution in [0, 0.1) is 20.8 Å². The number of benzene rings is 3. The van der Waals surface area contributed by atoms with E-state index in [1.807, 2.05) is 0 Å². The van der Waals surface area contributed by atoms with Gasteiger partial charge < -0.3 is 14.7 Å². The minimum absolute atomic E-state index is 0.198. The Balaban J connectivity index is 2.46. The minimum Gasteiger partial charge on any atom is -0.378 e. The predicted octanol–water partition coefficient (Wildman–Crippen LogP) is 6.34. The van der Waals surface area contributed by atoms with Crippen molar-refractivity contribution in [1.82, 2.24) is 0 Å². The molecule has 1 unspecified atom stereocenters. The molecule has 0 spiro atoms. The van der Waals surface area contributed by atoms with Gasteiger partial charge in [-0.05, 0) is 80.9 Å². The number of hydrogen-bond acceptors (Lipinski definition) is 3. The first-order valence-corrected chi connectivity index (χ1v) is 16.4. The molecule has 1 atom stereocenters. The monoisotopic (exact) mass is 551 g/mol. The van der Waals surface area contributed by atoms with Crippen molar-refractivity contribution >= 4 is 40.7 Å². The van der Waals surface area contributed by atoms with Crippen LogP contribution in [-0.4, -0.2) is 50.4 Å². The smallest absolute Gasteiger partial charge is 0.169 e. The van der Waals surface area contributed by atoms with E-state index < -0.39 is 8.07 Å². The van der Waals surface area contributed by atoms with Crippen molar-refractivity contribution in [3.8, 4) is 0 Å². The SMILES string of the molecule is CC1=CC(C)([Si](c2cc(C)ccc2N(C)C)(c2cc(C)ccc2N(C)C)c2cc(C)ccc2N(C)C)C(C)=C1C. The van der Waals surface area contributed by atoms with Crippen LogP contribution in [0.1, 0.15) is 44.4 Å². The summed E-state index contributed by atoms with van der Waals surface area (Å²) >= 11 is 0. The maximum atomic E-state index is 2.62. The molecule has 4 heteroatoms. The van der Waals surface area contributed by atoms with Crippen molar-refractivity contribution in [3.05, 3.63) is 94.1 Å². The van der Waals surface area contributed by atoms with E-state index in [0.29, 0.717) is 0 Å². The molecule has 0 aliphatic heterocycles. The van der Waals surface area contributed by atoms with E-state index in [1.165, 1.54) is 66.0 Å². The molecule has 0 radical (unpaired) electrons. The quantitative estimate of drug-likeness (QED) is 0.251. The third-order valence-electron chi connectivity index (χ3n) is 9.33. The van der Waals surface area contributed by atoms with Gasteiger partial charge in [0.1, 0.15) is 0 Å². The van der Waals surface area contributed by atoms with Gasteiger partial charge in [-0.1, -0.05) is 77.2 Å².